The highest BCUT2D eigenvalue weighted by molar-refractivity contribution is 6.05. The number of ether oxygens (including phenoxy) is 1. The summed E-state index contributed by atoms with van der Waals surface area (Å²) in [7, 11) is 0. The summed E-state index contributed by atoms with van der Waals surface area (Å²) >= 11 is 0. The van der Waals surface area contributed by atoms with Gasteiger partial charge in [-0.05, 0) is 37.5 Å². The molecule has 2 aromatic rings. The van der Waals surface area contributed by atoms with Crippen LogP contribution in [-0.4, -0.2) is 18.5 Å². The molecular weight excluding hydrogens is 304 g/mol. The van der Waals surface area contributed by atoms with Crippen molar-refractivity contribution >= 4 is 23.3 Å². The Morgan fingerprint density at radius 1 is 1.08 bits per heavy atom. The molecule has 126 valence electrons. The molecule has 0 aliphatic carbocycles. The monoisotopic (exact) mass is 326 g/mol. The molecule has 2 aromatic carbocycles. The number of aryl methyl sites for hydroxylation is 1. The summed E-state index contributed by atoms with van der Waals surface area (Å²) in [5.41, 5.74) is 7.86. The Morgan fingerprint density at radius 2 is 1.75 bits per heavy atom. The second kappa shape index (κ2) is 8.72. The number of carbonyl (C=O) groups excluding carboxylic acids is 2. The van der Waals surface area contributed by atoms with E-state index in [2.05, 4.69) is 5.32 Å². The van der Waals surface area contributed by atoms with Crippen LogP contribution in [0.4, 0.5) is 11.4 Å². The molecule has 0 saturated carbocycles. The van der Waals surface area contributed by atoms with Crippen molar-refractivity contribution in [3.05, 3.63) is 60.2 Å². The molecule has 2 rings (SSSR count). The van der Waals surface area contributed by atoms with Gasteiger partial charge in [-0.2, -0.15) is 0 Å². The number of carbonyl (C=O) groups is 2. The van der Waals surface area contributed by atoms with Crippen LogP contribution in [0.5, 0.6) is 0 Å². The van der Waals surface area contributed by atoms with Gasteiger partial charge in [-0.1, -0.05) is 42.5 Å². The molecule has 1 amide bonds. The molecule has 24 heavy (non-hydrogen) atoms. The van der Waals surface area contributed by atoms with Gasteiger partial charge in [0.05, 0.1) is 18.0 Å². The highest BCUT2D eigenvalue weighted by Crippen LogP contribution is 2.20. The zero-order valence-corrected chi connectivity index (χ0v) is 13.7. The minimum atomic E-state index is -0.871. The van der Waals surface area contributed by atoms with E-state index >= 15 is 0 Å². The first-order valence-electron chi connectivity index (χ1n) is 7.97. The van der Waals surface area contributed by atoms with Gasteiger partial charge < -0.3 is 15.8 Å². The van der Waals surface area contributed by atoms with Crippen molar-refractivity contribution in [1.82, 2.24) is 0 Å². The Hall–Kier alpha value is -2.82. The van der Waals surface area contributed by atoms with E-state index in [1.807, 2.05) is 30.3 Å². The summed E-state index contributed by atoms with van der Waals surface area (Å²) in [5.74, 6) is -1.78. The van der Waals surface area contributed by atoms with E-state index in [1.54, 1.807) is 31.2 Å². The van der Waals surface area contributed by atoms with Gasteiger partial charge in [0.25, 0.3) is 0 Å². The molecule has 0 saturated heterocycles. The quantitative estimate of drug-likeness (QED) is 0.465. The second-order valence-corrected chi connectivity index (χ2v) is 5.41. The Balaban J connectivity index is 2.08. The lowest BCUT2D eigenvalue weighted by atomic mass is 9.98. The number of nitrogens with one attached hydrogen (secondary N) is 1. The predicted molar refractivity (Wildman–Crippen MR) is 94.4 cm³/mol. The Bertz CT molecular complexity index is 686. The van der Waals surface area contributed by atoms with Crippen molar-refractivity contribution in [2.75, 3.05) is 17.7 Å². The first-order chi connectivity index (χ1) is 11.6. The van der Waals surface area contributed by atoms with Gasteiger partial charge in [0.15, 0.2) is 0 Å². The SMILES string of the molecule is CCOC(=O)C(CCc1ccccc1)C(=O)Nc1ccccc1N. The van der Waals surface area contributed by atoms with E-state index in [9.17, 15) is 9.59 Å². The first kappa shape index (κ1) is 17.5. The van der Waals surface area contributed by atoms with Crippen LogP contribution in [0.15, 0.2) is 54.6 Å². The fourth-order valence-corrected chi connectivity index (χ4v) is 2.39. The smallest absolute Gasteiger partial charge is 0.318 e. The number of rotatable bonds is 7. The van der Waals surface area contributed by atoms with Gasteiger partial charge in [0.2, 0.25) is 5.91 Å². The van der Waals surface area contributed by atoms with Gasteiger partial charge in [-0.25, -0.2) is 0 Å². The van der Waals surface area contributed by atoms with Gasteiger partial charge in [-0.3, -0.25) is 9.59 Å². The van der Waals surface area contributed by atoms with E-state index in [-0.39, 0.29) is 6.61 Å². The molecule has 1 unspecified atom stereocenters. The highest BCUT2D eigenvalue weighted by atomic mass is 16.5. The number of amides is 1. The molecule has 3 N–H and O–H groups in total. The number of para-hydroxylation sites is 2. The molecular formula is C19H22N2O3. The molecule has 0 fully saturated rings. The third-order valence-electron chi connectivity index (χ3n) is 3.67. The molecule has 5 nitrogen and oxygen atoms in total. The number of nitrogens with two attached hydrogens (primary N) is 1. The maximum atomic E-state index is 12.5. The zero-order chi connectivity index (χ0) is 17.4. The molecule has 0 spiro atoms. The van der Waals surface area contributed by atoms with E-state index < -0.39 is 17.8 Å². The van der Waals surface area contributed by atoms with Crippen molar-refractivity contribution in [3.8, 4) is 0 Å². The molecule has 0 aromatic heterocycles. The fourth-order valence-electron chi connectivity index (χ4n) is 2.39. The fraction of sp³-hybridized carbons (Fsp3) is 0.263. The van der Waals surface area contributed by atoms with Gasteiger partial charge in [-0.15, -0.1) is 0 Å². The van der Waals surface area contributed by atoms with Gasteiger partial charge in [0.1, 0.15) is 5.92 Å². The molecule has 5 heteroatoms. The summed E-state index contributed by atoms with van der Waals surface area (Å²) in [6.07, 6.45) is 0.990. The maximum Gasteiger partial charge on any atom is 0.318 e. The van der Waals surface area contributed by atoms with Crippen LogP contribution >= 0.6 is 0 Å². The standard InChI is InChI=1S/C19H22N2O3/c1-2-24-19(23)15(13-12-14-8-4-3-5-9-14)18(22)21-17-11-7-6-10-16(17)20/h3-11,15H,2,12-13,20H2,1H3,(H,21,22). The second-order valence-electron chi connectivity index (χ2n) is 5.41. The number of benzene rings is 2. The molecule has 0 aliphatic heterocycles. The summed E-state index contributed by atoms with van der Waals surface area (Å²) < 4.78 is 5.05. The van der Waals surface area contributed by atoms with Crippen molar-refractivity contribution in [2.45, 2.75) is 19.8 Å². The molecule has 0 radical (unpaired) electrons. The lowest BCUT2D eigenvalue weighted by Crippen LogP contribution is -2.32. The van der Waals surface area contributed by atoms with Crippen LogP contribution in [0.25, 0.3) is 0 Å². The third kappa shape index (κ3) is 4.84. The summed E-state index contributed by atoms with van der Waals surface area (Å²) in [4.78, 5) is 24.7. The average Bonchev–Trinajstić information content (AvgIpc) is 2.58. The Morgan fingerprint density at radius 3 is 2.42 bits per heavy atom. The molecule has 1 atom stereocenters. The number of anilines is 2. The van der Waals surface area contributed by atoms with Crippen molar-refractivity contribution < 1.29 is 14.3 Å². The Kier molecular flexibility index (Phi) is 6.37. The largest absolute Gasteiger partial charge is 0.465 e. The van der Waals surface area contributed by atoms with Crippen LogP contribution in [0.2, 0.25) is 0 Å². The number of esters is 1. The number of hydrogen-bond acceptors (Lipinski definition) is 4. The molecule has 0 heterocycles. The number of nitrogen functional groups attached to an aromatic ring is 1. The van der Waals surface area contributed by atoms with Crippen LogP contribution in [0.1, 0.15) is 18.9 Å². The predicted octanol–water partition coefficient (Wildman–Crippen LogP) is 3.02. The minimum Gasteiger partial charge on any atom is -0.465 e. The lowest BCUT2D eigenvalue weighted by Gasteiger charge is -2.16. The third-order valence-corrected chi connectivity index (χ3v) is 3.67. The normalized spacial score (nSPS) is 11.5. The van der Waals surface area contributed by atoms with Crippen molar-refractivity contribution in [1.29, 1.82) is 0 Å². The van der Waals surface area contributed by atoms with Crippen LogP contribution in [0.3, 0.4) is 0 Å². The molecule has 0 aliphatic rings. The Labute approximate surface area is 141 Å². The van der Waals surface area contributed by atoms with Crippen molar-refractivity contribution in [2.24, 2.45) is 5.92 Å². The van der Waals surface area contributed by atoms with Crippen LogP contribution in [-0.2, 0) is 20.7 Å². The van der Waals surface area contributed by atoms with E-state index in [4.69, 9.17) is 10.5 Å². The zero-order valence-electron chi connectivity index (χ0n) is 13.7. The minimum absolute atomic E-state index is 0.238. The summed E-state index contributed by atoms with van der Waals surface area (Å²) in [6, 6.07) is 16.7. The van der Waals surface area contributed by atoms with E-state index in [0.29, 0.717) is 24.2 Å². The van der Waals surface area contributed by atoms with Crippen molar-refractivity contribution in [3.63, 3.8) is 0 Å². The van der Waals surface area contributed by atoms with Gasteiger partial charge >= 0.3 is 5.97 Å². The maximum absolute atomic E-state index is 12.5. The summed E-state index contributed by atoms with van der Waals surface area (Å²) in [6.45, 7) is 1.96. The van der Waals surface area contributed by atoms with Crippen LogP contribution in [0, 0.1) is 5.92 Å². The van der Waals surface area contributed by atoms with E-state index in [0.717, 1.165) is 5.56 Å². The van der Waals surface area contributed by atoms with E-state index in [1.165, 1.54) is 0 Å². The van der Waals surface area contributed by atoms with Gasteiger partial charge in [0, 0.05) is 0 Å². The highest BCUT2D eigenvalue weighted by Gasteiger charge is 2.28. The molecule has 0 bridgehead atoms. The lowest BCUT2D eigenvalue weighted by molar-refractivity contribution is -0.151. The average molecular weight is 326 g/mol. The number of hydrogen-bond donors (Lipinski definition) is 2. The first-order valence-corrected chi connectivity index (χ1v) is 7.97. The summed E-state index contributed by atoms with van der Waals surface area (Å²) in [5, 5.41) is 2.72. The van der Waals surface area contributed by atoms with Crippen LogP contribution < -0.4 is 11.1 Å². The topological polar surface area (TPSA) is 81.4 Å².